The SMILES string of the molecule is CCc1nccs1.[Br-].c1ccc(-c2n[nH][n+](-c3ccccc3)n2)cc1. The highest BCUT2D eigenvalue weighted by Crippen LogP contribution is 2.11. The van der Waals surface area contributed by atoms with Crippen LogP contribution in [0.15, 0.2) is 72.2 Å². The second-order valence-corrected chi connectivity index (χ2v) is 5.91. The Labute approximate surface area is 161 Å². The Morgan fingerprint density at radius 2 is 1.68 bits per heavy atom. The van der Waals surface area contributed by atoms with Gasteiger partial charge >= 0.3 is 5.82 Å². The van der Waals surface area contributed by atoms with E-state index in [4.69, 9.17) is 0 Å². The summed E-state index contributed by atoms with van der Waals surface area (Å²) < 4.78 is 0. The number of aryl methyl sites for hydroxylation is 1. The molecule has 7 heteroatoms. The topological polar surface area (TPSA) is 58.3 Å². The molecule has 0 aliphatic carbocycles. The zero-order chi connectivity index (χ0) is 16.6. The van der Waals surface area contributed by atoms with Gasteiger partial charge in [-0.05, 0) is 45.8 Å². The zero-order valence-electron chi connectivity index (χ0n) is 13.7. The average molecular weight is 416 g/mol. The Morgan fingerprint density at radius 3 is 2.24 bits per heavy atom. The number of rotatable bonds is 3. The van der Waals surface area contributed by atoms with E-state index in [1.54, 1.807) is 16.1 Å². The van der Waals surface area contributed by atoms with E-state index in [1.165, 1.54) is 5.01 Å². The van der Waals surface area contributed by atoms with Gasteiger partial charge in [0.1, 0.15) is 0 Å². The van der Waals surface area contributed by atoms with E-state index in [0.29, 0.717) is 5.82 Å². The van der Waals surface area contributed by atoms with Crippen molar-refractivity contribution in [3.05, 3.63) is 77.2 Å². The molecule has 2 heterocycles. The minimum atomic E-state index is 0. The highest BCUT2D eigenvalue weighted by atomic mass is 79.9. The lowest BCUT2D eigenvalue weighted by Crippen LogP contribution is -3.00. The van der Waals surface area contributed by atoms with E-state index in [1.807, 2.05) is 72.2 Å². The standard InChI is InChI=1S/C13H10N4.C5H7NS.BrH/c1-3-7-11(8-4-1)13-14-16-17(15-13)12-9-5-2-6-10-12;1-2-5-6-3-4-7-5;/h1-10H;3-4H,2H2,1H3;1H. The Balaban J connectivity index is 0.000000240. The molecular weight excluding hydrogens is 398 g/mol. The van der Waals surface area contributed by atoms with Gasteiger partial charge in [-0.2, -0.15) is 0 Å². The van der Waals surface area contributed by atoms with Crippen molar-refractivity contribution in [2.75, 3.05) is 0 Å². The normalized spacial score (nSPS) is 9.64. The Kier molecular flexibility index (Phi) is 7.43. The van der Waals surface area contributed by atoms with Crippen LogP contribution < -0.4 is 21.8 Å². The van der Waals surface area contributed by atoms with E-state index < -0.39 is 0 Å². The molecule has 0 fully saturated rings. The molecule has 0 spiro atoms. The number of hydrogen-bond acceptors (Lipinski definition) is 4. The van der Waals surface area contributed by atoms with Crippen molar-refractivity contribution in [1.29, 1.82) is 0 Å². The van der Waals surface area contributed by atoms with Crippen molar-refractivity contribution >= 4 is 11.3 Å². The fraction of sp³-hybridized carbons (Fsp3) is 0.111. The second kappa shape index (κ2) is 9.80. The first-order chi connectivity index (χ1) is 11.9. The molecule has 0 amide bonds. The third-order valence-corrected chi connectivity index (χ3v) is 4.19. The molecule has 2 aromatic heterocycles. The second-order valence-electron chi connectivity index (χ2n) is 4.93. The molecule has 2 aromatic carbocycles. The van der Waals surface area contributed by atoms with Gasteiger partial charge in [-0.3, -0.25) is 0 Å². The summed E-state index contributed by atoms with van der Waals surface area (Å²) in [6.07, 6.45) is 2.90. The first kappa shape index (κ1) is 19.0. The van der Waals surface area contributed by atoms with E-state index in [-0.39, 0.29) is 17.0 Å². The van der Waals surface area contributed by atoms with Crippen LogP contribution in [0, 0.1) is 0 Å². The summed E-state index contributed by atoms with van der Waals surface area (Å²) in [5.74, 6) is 0.689. The van der Waals surface area contributed by atoms with Gasteiger partial charge in [0.05, 0.1) is 15.7 Å². The molecule has 1 N–H and O–H groups in total. The lowest BCUT2D eigenvalue weighted by molar-refractivity contribution is -0.716. The van der Waals surface area contributed by atoms with Gasteiger partial charge in [0.25, 0.3) is 0 Å². The van der Waals surface area contributed by atoms with Gasteiger partial charge in [0.2, 0.25) is 0 Å². The largest absolute Gasteiger partial charge is 1.00 e. The molecule has 25 heavy (non-hydrogen) atoms. The number of H-pyrrole nitrogens is 1. The first-order valence-electron chi connectivity index (χ1n) is 7.71. The minimum Gasteiger partial charge on any atom is -1.00 e. The van der Waals surface area contributed by atoms with Crippen LogP contribution in [0.25, 0.3) is 17.1 Å². The predicted octanol–water partition coefficient (Wildman–Crippen LogP) is 0.458. The van der Waals surface area contributed by atoms with E-state index in [0.717, 1.165) is 17.7 Å². The minimum absolute atomic E-state index is 0. The maximum atomic E-state index is 4.40. The third-order valence-electron chi connectivity index (χ3n) is 3.26. The van der Waals surface area contributed by atoms with E-state index >= 15 is 0 Å². The quantitative estimate of drug-likeness (QED) is 0.494. The van der Waals surface area contributed by atoms with Crippen LogP contribution in [0.3, 0.4) is 0 Å². The monoisotopic (exact) mass is 415 g/mol. The molecule has 0 bridgehead atoms. The summed E-state index contributed by atoms with van der Waals surface area (Å²) in [5.41, 5.74) is 1.96. The molecule has 4 aromatic rings. The number of nitrogens with zero attached hydrogens (tertiary/aromatic N) is 4. The average Bonchev–Trinajstić information content (AvgIpc) is 3.36. The fourth-order valence-electron chi connectivity index (χ4n) is 2.06. The molecule has 5 nitrogen and oxygen atoms in total. The molecule has 0 saturated heterocycles. The van der Waals surface area contributed by atoms with Crippen LogP contribution >= 0.6 is 11.3 Å². The Hall–Kier alpha value is -2.38. The molecule has 0 saturated carbocycles. The fourth-order valence-corrected chi connectivity index (χ4v) is 2.62. The summed E-state index contributed by atoms with van der Waals surface area (Å²) >= 11 is 1.71. The van der Waals surface area contributed by atoms with E-state index in [9.17, 15) is 0 Å². The third kappa shape index (κ3) is 5.30. The van der Waals surface area contributed by atoms with Crippen molar-refractivity contribution < 1.29 is 21.8 Å². The number of nitrogens with one attached hydrogen (secondary N) is 1. The molecule has 0 aliphatic heterocycles. The number of halogens is 1. The van der Waals surface area contributed by atoms with Gasteiger partial charge in [-0.15, -0.1) is 11.3 Å². The maximum Gasteiger partial charge on any atom is 0.339 e. The van der Waals surface area contributed by atoms with Crippen LogP contribution in [0.4, 0.5) is 0 Å². The predicted molar refractivity (Wildman–Crippen MR) is 94.8 cm³/mol. The van der Waals surface area contributed by atoms with E-state index in [2.05, 4.69) is 27.3 Å². The van der Waals surface area contributed by atoms with Gasteiger partial charge in [-0.1, -0.05) is 43.3 Å². The number of aromatic nitrogens is 5. The van der Waals surface area contributed by atoms with Crippen molar-refractivity contribution in [2.45, 2.75) is 13.3 Å². The summed E-state index contributed by atoms with van der Waals surface area (Å²) in [6.45, 7) is 2.11. The lowest BCUT2D eigenvalue weighted by Gasteiger charge is -1.89. The van der Waals surface area contributed by atoms with Crippen molar-refractivity contribution in [3.8, 4) is 17.1 Å². The van der Waals surface area contributed by atoms with Crippen LogP contribution in [-0.2, 0) is 6.42 Å². The molecule has 0 radical (unpaired) electrons. The smallest absolute Gasteiger partial charge is 0.339 e. The molecule has 0 atom stereocenters. The van der Waals surface area contributed by atoms with Gasteiger partial charge in [0.15, 0.2) is 5.69 Å². The van der Waals surface area contributed by atoms with Crippen molar-refractivity contribution in [3.63, 3.8) is 0 Å². The van der Waals surface area contributed by atoms with Crippen LogP contribution in [-0.4, -0.2) is 20.4 Å². The lowest BCUT2D eigenvalue weighted by atomic mass is 10.2. The van der Waals surface area contributed by atoms with Gasteiger partial charge in [0, 0.05) is 11.6 Å². The van der Waals surface area contributed by atoms with Crippen LogP contribution in [0.2, 0.25) is 0 Å². The van der Waals surface area contributed by atoms with Crippen molar-refractivity contribution in [1.82, 2.24) is 20.4 Å². The number of thiazole rings is 1. The molecular formula is C18H18BrN5S. The summed E-state index contributed by atoms with van der Waals surface area (Å²) in [6, 6.07) is 19.7. The Morgan fingerprint density at radius 1 is 1.00 bits per heavy atom. The molecule has 0 unspecified atom stereocenters. The number of benzene rings is 2. The number of hydrogen-bond donors (Lipinski definition) is 1. The highest BCUT2D eigenvalue weighted by Gasteiger charge is 2.14. The maximum absolute atomic E-state index is 4.40. The van der Waals surface area contributed by atoms with Crippen molar-refractivity contribution in [2.24, 2.45) is 0 Å². The molecule has 4 rings (SSSR count). The van der Waals surface area contributed by atoms with Crippen LogP contribution in [0.1, 0.15) is 11.9 Å². The number of aromatic amines is 1. The highest BCUT2D eigenvalue weighted by molar-refractivity contribution is 7.09. The number of tetrazole rings is 1. The summed E-state index contributed by atoms with van der Waals surface area (Å²) in [5, 5.41) is 14.7. The van der Waals surface area contributed by atoms with Crippen LogP contribution in [0.5, 0.6) is 0 Å². The summed E-state index contributed by atoms with van der Waals surface area (Å²) in [4.78, 5) is 5.71. The first-order valence-corrected chi connectivity index (χ1v) is 8.58. The Bertz CT molecular complexity index is 794. The summed E-state index contributed by atoms with van der Waals surface area (Å²) in [7, 11) is 0. The number of para-hydroxylation sites is 1. The molecule has 128 valence electrons. The zero-order valence-corrected chi connectivity index (χ0v) is 16.1. The van der Waals surface area contributed by atoms with Gasteiger partial charge < -0.3 is 17.0 Å². The molecule has 0 aliphatic rings. The van der Waals surface area contributed by atoms with Gasteiger partial charge in [-0.25, -0.2) is 4.98 Å².